The SMILES string of the molecule is CCC1CC(=O)NC2CC(NC(=O)c3cccc4ccccc34)CCC12. The van der Waals surface area contributed by atoms with E-state index in [0.717, 1.165) is 42.0 Å². The summed E-state index contributed by atoms with van der Waals surface area (Å²) in [4.78, 5) is 24.9. The largest absolute Gasteiger partial charge is 0.353 e. The second kappa shape index (κ2) is 7.10. The first-order valence-corrected chi connectivity index (χ1v) is 9.73. The first-order chi connectivity index (χ1) is 12.7. The van der Waals surface area contributed by atoms with Crippen molar-refractivity contribution in [1.82, 2.24) is 10.6 Å². The zero-order chi connectivity index (χ0) is 18.1. The van der Waals surface area contributed by atoms with Crippen molar-refractivity contribution in [3.8, 4) is 0 Å². The molecular formula is C22H26N2O2. The summed E-state index contributed by atoms with van der Waals surface area (Å²) in [5, 5.41) is 8.45. The number of nitrogens with one attached hydrogen (secondary N) is 2. The van der Waals surface area contributed by atoms with Crippen LogP contribution >= 0.6 is 0 Å². The first-order valence-electron chi connectivity index (χ1n) is 9.73. The topological polar surface area (TPSA) is 58.2 Å². The maximum Gasteiger partial charge on any atom is 0.252 e. The number of amides is 2. The molecule has 4 atom stereocenters. The van der Waals surface area contributed by atoms with Gasteiger partial charge in [-0.15, -0.1) is 0 Å². The summed E-state index contributed by atoms with van der Waals surface area (Å²) >= 11 is 0. The lowest BCUT2D eigenvalue weighted by Crippen LogP contribution is -2.55. The van der Waals surface area contributed by atoms with Crippen LogP contribution < -0.4 is 10.6 Å². The van der Waals surface area contributed by atoms with E-state index in [1.54, 1.807) is 0 Å². The zero-order valence-corrected chi connectivity index (χ0v) is 15.2. The van der Waals surface area contributed by atoms with Crippen LogP contribution in [0.15, 0.2) is 42.5 Å². The van der Waals surface area contributed by atoms with Crippen LogP contribution in [0.4, 0.5) is 0 Å². The van der Waals surface area contributed by atoms with Crippen molar-refractivity contribution in [3.05, 3.63) is 48.0 Å². The van der Waals surface area contributed by atoms with Gasteiger partial charge in [0, 0.05) is 24.1 Å². The summed E-state index contributed by atoms with van der Waals surface area (Å²) < 4.78 is 0. The molecule has 1 saturated heterocycles. The first kappa shape index (κ1) is 17.1. The summed E-state index contributed by atoms with van der Waals surface area (Å²) in [6.45, 7) is 2.18. The van der Waals surface area contributed by atoms with E-state index in [0.29, 0.717) is 18.3 Å². The fourth-order valence-corrected chi connectivity index (χ4v) is 4.84. The highest BCUT2D eigenvalue weighted by molar-refractivity contribution is 6.07. The number of piperidine rings is 1. The van der Waals surface area contributed by atoms with Gasteiger partial charge in [-0.2, -0.15) is 0 Å². The molecule has 2 fully saturated rings. The molecule has 26 heavy (non-hydrogen) atoms. The number of hydrogen-bond donors (Lipinski definition) is 2. The summed E-state index contributed by atoms with van der Waals surface area (Å²) in [5.74, 6) is 1.20. The van der Waals surface area contributed by atoms with Gasteiger partial charge >= 0.3 is 0 Å². The minimum Gasteiger partial charge on any atom is -0.353 e. The Morgan fingerprint density at radius 2 is 1.96 bits per heavy atom. The molecule has 2 N–H and O–H groups in total. The lowest BCUT2D eigenvalue weighted by Gasteiger charge is -2.44. The highest BCUT2D eigenvalue weighted by Crippen LogP contribution is 2.37. The second-order valence-corrected chi connectivity index (χ2v) is 7.72. The Hall–Kier alpha value is -2.36. The van der Waals surface area contributed by atoms with Gasteiger partial charge in [0.25, 0.3) is 5.91 Å². The van der Waals surface area contributed by atoms with Crippen molar-refractivity contribution in [1.29, 1.82) is 0 Å². The van der Waals surface area contributed by atoms with Crippen molar-refractivity contribution in [2.24, 2.45) is 11.8 Å². The number of carbonyl (C=O) groups excluding carboxylic acids is 2. The van der Waals surface area contributed by atoms with Crippen LogP contribution in [0, 0.1) is 11.8 Å². The smallest absolute Gasteiger partial charge is 0.252 e. The van der Waals surface area contributed by atoms with Crippen molar-refractivity contribution in [2.45, 2.75) is 51.1 Å². The van der Waals surface area contributed by atoms with Gasteiger partial charge in [0.15, 0.2) is 0 Å². The lowest BCUT2D eigenvalue weighted by molar-refractivity contribution is -0.127. The van der Waals surface area contributed by atoms with Crippen molar-refractivity contribution in [3.63, 3.8) is 0 Å². The van der Waals surface area contributed by atoms with E-state index >= 15 is 0 Å². The molecule has 1 heterocycles. The van der Waals surface area contributed by atoms with Gasteiger partial charge < -0.3 is 10.6 Å². The van der Waals surface area contributed by atoms with Gasteiger partial charge in [0.2, 0.25) is 5.91 Å². The predicted molar refractivity (Wildman–Crippen MR) is 103 cm³/mol. The molecule has 1 saturated carbocycles. The molecule has 4 nitrogen and oxygen atoms in total. The molecule has 1 aliphatic carbocycles. The number of benzene rings is 2. The molecule has 2 aromatic carbocycles. The summed E-state index contributed by atoms with van der Waals surface area (Å²) in [7, 11) is 0. The minimum absolute atomic E-state index is 0.0144. The number of rotatable bonds is 3. The third kappa shape index (κ3) is 3.20. The molecule has 2 amide bonds. The Morgan fingerprint density at radius 3 is 2.81 bits per heavy atom. The van der Waals surface area contributed by atoms with Crippen LogP contribution in [0.3, 0.4) is 0 Å². The van der Waals surface area contributed by atoms with Crippen LogP contribution in [0.1, 0.15) is 49.4 Å². The van der Waals surface area contributed by atoms with Crippen molar-refractivity contribution in [2.75, 3.05) is 0 Å². The highest BCUT2D eigenvalue weighted by atomic mass is 16.2. The molecule has 0 aromatic heterocycles. The number of carbonyl (C=O) groups is 2. The van der Waals surface area contributed by atoms with E-state index in [1.807, 2.05) is 42.5 Å². The Labute approximate surface area is 154 Å². The number of hydrogen-bond acceptors (Lipinski definition) is 2. The van der Waals surface area contributed by atoms with Crippen molar-refractivity contribution >= 4 is 22.6 Å². The van der Waals surface area contributed by atoms with E-state index in [4.69, 9.17) is 0 Å². The maximum atomic E-state index is 12.9. The maximum absolute atomic E-state index is 12.9. The summed E-state index contributed by atoms with van der Waals surface area (Å²) in [6, 6.07) is 14.1. The highest BCUT2D eigenvalue weighted by Gasteiger charge is 2.40. The van der Waals surface area contributed by atoms with Gasteiger partial charge in [0.1, 0.15) is 0 Å². The molecule has 4 heteroatoms. The van der Waals surface area contributed by atoms with Crippen LogP contribution in [-0.4, -0.2) is 23.9 Å². The monoisotopic (exact) mass is 350 g/mol. The van der Waals surface area contributed by atoms with Crippen LogP contribution in [0.25, 0.3) is 10.8 Å². The fourth-order valence-electron chi connectivity index (χ4n) is 4.84. The number of fused-ring (bicyclic) bond motifs is 2. The minimum atomic E-state index is -0.0144. The van der Waals surface area contributed by atoms with E-state index in [9.17, 15) is 9.59 Å². The Morgan fingerprint density at radius 1 is 1.15 bits per heavy atom. The van der Waals surface area contributed by atoms with Gasteiger partial charge in [0.05, 0.1) is 0 Å². The quantitative estimate of drug-likeness (QED) is 0.888. The van der Waals surface area contributed by atoms with E-state index in [2.05, 4.69) is 17.6 Å². The molecule has 2 aliphatic rings. The van der Waals surface area contributed by atoms with Gasteiger partial charge in [-0.05, 0) is 47.9 Å². The second-order valence-electron chi connectivity index (χ2n) is 7.72. The van der Waals surface area contributed by atoms with Crippen molar-refractivity contribution < 1.29 is 9.59 Å². The predicted octanol–water partition coefficient (Wildman–Crippen LogP) is 3.65. The van der Waals surface area contributed by atoms with Crippen LogP contribution in [0.5, 0.6) is 0 Å². The molecule has 1 aliphatic heterocycles. The molecule has 0 spiro atoms. The molecule has 4 rings (SSSR count). The van der Waals surface area contributed by atoms with Gasteiger partial charge in [-0.25, -0.2) is 0 Å². The van der Waals surface area contributed by atoms with E-state index in [1.165, 1.54) is 0 Å². The third-order valence-corrected chi connectivity index (χ3v) is 6.20. The van der Waals surface area contributed by atoms with Gasteiger partial charge in [-0.3, -0.25) is 9.59 Å². The van der Waals surface area contributed by atoms with Crippen LogP contribution in [0.2, 0.25) is 0 Å². The molecular weight excluding hydrogens is 324 g/mol. The Bertz CT molecular complexity index is 827. The average Bonchev–Trinajstić information content (AvgIpc) is 2.66. The zero-order valence-electron chi connectivity index (χ0n) is 15.2. The molecule has 2 aromatic rings. The standard InChI is InChI=1S/C22H26N2O2/c1-2-14-12-21(25)24-20-13-16(10-11-18(14)20)23-22(26)19-9-5-7-15-6-3-4-8-17(15)19/h3-9,14,16,18,20H,2,10-13H2,1H3,(H,23,26)(H,24,25). The lowest BCUT2D eigenvalue weighted by atomic mass is 9.70. The normalized spacial score (nSPS) is 28.3. The summed E-state index contributed by atoms with van der Waals surface area (Å²) in [5.41, 5.74) is 0.726. The molecule has 0 radical (unpaired) electrons. The Kier molecular flexibility index (Phi) is 4.66. The fraction of sp³-hybridized carbons (Fsp3) is 0.455. The summed E-state index contributed by atoms with van der Waals surface area (Å²) in [6.07, 6.45) is 4.61. The molecule has 136 valence electrons. The van der Waals surface area contributed by atoms with Crippen LogP contribution in [-0.2, 0) is 4.79 Å². The van der Waals surface area contributed by atoms with Gasteiger partial charge in [-0.1, -0.05) is 49.7 Å². The van der Waals surface area contributed by atoms with E-state index in [-0.39, 0.29) is 23.9 Å². The average molecular weight is 350 g/mol. The third-order valence-electron chi connectivity index (χ3n) is 6.20. The van der Waals surface area contributed by atoms with E-state index < -0.39 is 0 Å². The molecule has 4 unspecified atom stereocenters. The molecule has 0 bridgehead atoms. The Balaban J connectivity index is 1.48.